The third kappa shape index (κ3) is 3.36. The number of hydrogen-bond acceptors (Lipinski definition) is 2. The zero-order valence-corrected chi connectivity index (χ0v) is 16.4. The lowest BCUT2D eigenvalue weighted by Gasteiger charge is -2.55. The summed E-state index contributed by atoms with van der Waals surface area (Å²) in [6, 6.07) is 9.44. The van der Waals surface area contributed by atoms with Crippen LogP contribution < -0.4 is 0 Å². The molecular formula is C23H33NO. The Morgan fingerprint density at radius 1 is 1.28 bits per heavy atom. The fraction of sp³-hybridized carbons (Fsp3) is 0.696. The lowest BCUT2D eigenvalue weighted by molar-refractivity contribution is -0.0451. The quantitative estimate of drug-likeness (QED) is 0.640. The van der Waals surface area contributed by atoms with Crippen LogP contribution in [0.15, 0.2) is 18.2 Å². The van der Waals surface area contributed by atoms with Gasteiger partial charge in [-0.05, 0) is 65.0 Å². The minimum absolute atomic E-state index is 0.233. The minimum Gasteiger partial charge on any atom is -0.380 e. The molecule has 0 aromatic heterocycles. The van der Waals surface area contributed by atoms with E-state index in [1.807, 2.05) is 0 Å². The molecule has 0 heterocycles. The number of rotatable bonds is 5. The summed E-state index contributed by atoms with van der Waals surface area (Å²) in [5.41, 5.74) is 5.15. The van der Waals surface area contributed by atoms with E-state index in [2.05, 4.69) is 52.0 Å². The molecule has 0 spiro atoms. The molecule has 25 heavy (non-hydrogen) atoms. The van der Waals surface area contributed by atoms with Crippen LogP contribution in [0.3, 0.4) is 0 Å². The van der Waals surface area contributed by atoms with E-state index in [1.165, 1.54) is 37.7 Å². The van der Waals surface area contributed by atoms with Gasteiger partial charge in [0.15, 0.2) is 0 Å². The van der Waals surface area contributed by atoms with Gasteiger partial charge in [-0.2, -0.15) is 5.26 Å². The summed E-state index contributed by atoms with van der Waals surface area (Å²) in [6.45, 7) is 10.9. The zero-order chi connectivity index (χ0) is 18.1. The number of benzene rings is 1. The minimum atomic E-state index is 0.233. The smallest absolute Gasteiger partial charge is 0.0645 e. The van der Waals surface area contributed by atoms with E-state index in [4.69, 9.17) is 10.00 Å². The number of aryl methyl sites for hydroxylation is 1. The van der Waals surface area contributed by atoms with Crippen molar-refractivity contribution >= 4 is 0 Å². The Hall–Kier alpha value is -1.33. The molecule has 0 bridgehead atoms. The van der Waals surface area contributed by atoms with Crippen molar-refractivity contribution in [2.45, 2.75) is 77.6 Å². The van der Waals surface area contributed by atoms with Crippen LogP contribution in [0.5, 0.6) is 0 Å². The van der Waals surface area contributed by atoms with E-state index in [1.54, 1.807) is 11.1 Å². The first-order valence-electron chi connectivity index (χ1n) is 9.99. The Morgan fingerprint density at radius 2 is 2.08 bits per heavy atom. The summed E-state index contributed by atoms with van der Waals surface area (Å²) in [4.78, 5) is 0. The Kier molecular flexibility index (Phi) is 5.26. The SMILES string of the molecule is CC(C)c1ccc2c(c1)CC[C@H]1[C@](C)(COCCC#N)CCC[C@@]21C. The maximum atomic E-state index is 8.74. The first kappa shape index (κ1) is 18.5. The van der Waals surface area contributed by atoms with Gasteiger partial charge in [-0.25, -0.2) is 0 Å². The van der Waals surface area contributed by atoms with Gasteiger partial charge in [0, 0.05) is 0 Å². The first-order valence-corrected chi connectivity index (χ1v) is 9.99. The highest BCUT2D eigenvalue weighted by atomic mass is 16.5. The fourth-order valence-electron chi connectivity index (χ4n) is 5.60. The molecule has 2 heteroatoms. The Labute approximate surface area is 153 Å². The van der Waals surface area contributed by atoms with Crippen molar-refractivity contribution < 1.29 is 4.74 Å². The van der Waals surface area contributed by atoms with Crippen molar-refractivity contribution in [3.05, 3.63) is 34.9 Å². The molecule has 3 rings (SSSR count). The molecule has 136 valence electrons. The predicted octanol–water partition coefficient (Wildman–Crippen LogP) is 5.75. The molecule has 1 fully saturated rings. The average molecular weight is 340 g/mol. The van der Waals surface area contributed by atoms with Crippen molar-refractivity contribution in [2.24, 2.45) is 11.3 Å². The molecule has 2 aliphatic carbocycles. The second-order valence-electron chi connectivity index (χ2n) is 9.05. The normalized spacial score (nSPS) is 31.3. The second-order valence-corrected chi connectivity index (χ2v) is 9.05. The van der Waals surface area contributed by atoms with E-state index >= 15 is 0 Å². The number of ether oxygens (including phenoxy) is 1. The van der Waals surface area contributed by atoms with Crippen molar-refractivity contribution in [1.29, 1.82) is 5.26 Å². The predicted molar refractivity (Wildman–Crippen MR) is 103 cm³/mol. The van der Waals surface area contributed by atoms with Gasteiger partial charge in [0.2, 0.25) is 0 Å². The number of nitrogens with zero attached hydrogens (tertiary/aromatic N) is 1. The third-order valence-electron chi connectivity index (χ3n) is 6.96. The number of fused-ring (bicyclic) bond motifs is 3. The van der Waals surface area contributed by atoms with Gasteiger partial charge < -0.3 is 4.74 Å². The van der Waals surface area contributed by atoms with Crippen LogP contribution in [0.4, 0.5) is 0 Å². The monoisotopic (exact) mass is 339 g/mol. The summed E-state index contributed by atoms with van der Waals surface area (Å²) in [6.07, 6.45) is 6.78. The van der Waals surface area contributed by atoms with Gasteiger partial charge in [0.05, 0.1) is 25.7 Å². The lowest BCUT2D eigenvalue weighted by Crippen LogP contribution is -2.51. The van der Waals surface area contributed by atoms with Crippen LogP contribution in [0.25, 0.3) is 0 Å². The molecule has 1 aromatic carbocycles. The van der Waals surface area contributed by atoms with Crippen LogP contribution in [-0.2, 0) is 16.6 Å². The van der Waals surface area contributed by atoms with E-state index < -0.39 is 0 Å². The lowest BCUT2D eigenvalue weighted by atomic mass is 9.50. The molecule has 0 saturated heterocycles. The Morgan fingerprint density at radius 3 is 2.80 bits per heavy atom. The Bertz CT molecular complexity index is 659. The van der Waals surface area contributed by atoms with E-state index in [0.29, 0.717) is 24.9 Å². The summed E-state index contributed by atoms with van der Waals surface area (Å²) in [7, 11) is 0. The largest absolute Gasteiger partial charge is 0.380 e. The van der Waals surface area contributed by atoms with Crippen LogP contribution in [0.1, 0.15) is 82.4 Å². The topological polar surface area (TPSA) is 33.0 Å². The average Bonchev–Trinajstić information content (AvgIpc) is 2.58. The van der Waals surface area contributed by atoms with Gasteiger partial charge >= 0.3 is 0 Å². The van der Waals surface area contributed by atoms with Crippen LogP contribution in [-0.4, -0.2) is 13.2 Å². The van der Waals surface area contributed by atoms with Crippen molar-refractivity contribution in [1.82, 2.24) is 0 Å². The summed E-state index contributed by atoms with van der Waals surface area (Å²) in [5, 5.41) is 8.74. The van der Waals surface area contributed by atoms with Gasteiger partial charge in [0.1, 0.15) is 0 Å². The van der Waals surface area contributed by atoms with Crippen molar-refractivity contribution in [3.8, 4) is 6.07 Å². The van der Waals surface area contributed by atoms with Gasteiger partial charge in [-0.1, -0.05) is 52.3 Å². The molecule has 2 nitrogen and oxygen atoms in total. The highest BCUT2D eigenvalue weighted by molar-refractivity contribution is 5.42. The molecule has 0 aliphatic heterocycles. The molecule has 1 aromatic rings. The maximum absolute atomic E-state index is 8.74. The van der Waals surface area contributed by atoms with Crippen LogP contribution >= 0.6 is 0 Å². The highest BCUT2D eigenvalue weighted by Gasteiger charge is 2.51. The summed E-state index contributed by atoms with van der Waals surface area (Å²) < 4.78 is 5.93. The van der Waals surface area contributed by atoms with Gasteiger partial charge in [0.25, 0.3) is 0 Å². The van der Waals surface area contributed by atoms with Crippen LogP contribution in [0.2, 0.25) is 0 Å². The standard InChI is InChI=1S/C23H33NO/c1-17(2)18-7-9-20-19(15-18)8-10-21-22(3,16-25-14-6-13-24)11-5-12-23(20,21)4/h7,9,15,17,21H,5-6,8,10-12,14,16H2,1-4H3/t21-,22-,23-/m0/s1. The molecule has 2 aliphatic rings. The molecule has 0 amide bonds. The molecule has 3 atom stereocenters. The Balaban J connectivity index is 1.87. The number of nitriles is 1. The van der Waals surface area contributed by atoms with E-state index in [9.17, 15) is 0 Å². The van der Waals surface area contributed by atoms with E-state index in [-0.39, 0.29) is 10.8 Å². The third-order valence-corrected chi connectivity index (χ3v) is 6.96. The highest BCUT2D eigenvalue weighted by Crippen LogP contribution is 2.57. The van der Waals surface area contributed by atoms with E-state index in [0.717, 1.165) is 6.61 Å². The van der Waals surface area contributed by atoms with Crippen LogP contribution in [0, 0.1) is 22.7 Å². The number of hydrogen-bond donors (Lipinski definition) is 0. The fourth-order valence-corrected chi connectivity index (χ4v) is 5.60. The molecule has 0 unspecified atom stereocenters. The summed E-state index contributed by atoms with van der Waals surface area (Å²) >= 11 is 0. The molecule has 0 N–H and O–H groups in total. The maximum Gasteiger partial charge on any atom is 0.0645 e. The molecular weight excluding hydrogens is 306 g/mol. The van der Waals surface area contributed by atoms with Gasteiger partial charge in [-0.3, -0.25) is 0 Å². The molecule has 1 saturated carbocycles. The second kappa shape index (κ2) is 7.12. The van der Waals surface area contributed by atoms with Crippen molar-refractivity contribution in [2.75, 3.05) is 13.2 Å². The molecule has 0 radical (unpaired) electrons. The zero-order valence-electron chi connectivity index (χ0n) is 16.4. The summed E-state index contributed by atoms with van der Waals surface area (Å²) in [5.74, 6) is 1.27. The van der Waals surface area contributed by atoms with Gasteiger partial charge in [-0.15, -0.1) is 0 Å². The van der Waals surface area contributed by atoms with Crippen molar-refractivity contribution in [3.63, 3.8) is 0 Å². The first-order chi connectivity index (χ1) is 11.9.